The molecule has 4 aromatic carbocycles. The Kier molecular flexibility index (Phi) is 11.6. The third-order valence-corrected chi connectivity index (χ3v) is 8.87. The third kappa shape index (κ3) is 7.84. The number of fused-ring (bicyclic) bond motifs is 2. The van der Waals surface area contributed by atoms with Crippen LogP contribution in [0.1, 0.15) is 22.3 Å². The minimum atomic E-state index is -5.23. The van der Waals surface area contributed by atoms with Crippen molar-refractivity contribution in [1.29, 1.82) is 0 Å². The van der Waals surface area contributed by atoms with Gasteiger partial charge >= 0.3 is 59.1 Å². The first-order valence-electron chi connectivity index (χ1n) is 13.4. The van der Waals surface area contributed by atoms with E-state index in [2.05, 4.69) is 21.1 Å². The number of anilines is 2. The van der Waals surface area contributed by atoms with Gasteiger partial charge in [-0.05, 0) is 47.5 Å². The summed E-state index contributed by atoms with van der Waals surface area (Å²) in [4.78, 5) is 23.3. The van der Waals surface area contributed by atoms with E-state index in [-0.39, 0.29) is 93.0 Å². The second-order valence-electron chi connectivity index (χ2n) is 10.0. The van der Waals surface area contributed by atoms with E-state index in [1.54, 1.807) is 60.7 Å². The summed E-state index contributed by atoms with van der Waals surface area (Å²) in [5, 5.41) is 8.24. The largest absolute Gasteiger partial charge is 1.00 e. The van der Waals surface area contributed by atoms with Gasteiger partial charge in [0.2, 0.25) is 11.6 Å². The van der Waals surface area contributed by atoms with Crippen LogP contribution in [0.25, 0.3) is 23.3 Å². The summed E-state index contributed by atoms with van der Waals surface area (Å²) in [5.74, 6) is -0.811. The van der Waals surface area contributed by atoms with Gasteiger partial charge in [0.05, 0.1) is 21.2 Å². The smallest absolute Gasteiger partial charge is 0.744 e. The monoisotopic (exact) mass is 698 g/mol. The van der Waals surface area contributed by atoms with Crippen LogP contribution in [0.2, 0.25) is 0 Å². The van der Waals surface area contributed by atoms with Crippen LogP contribution in [-0.2, 0) is 29.8 Å². The number of benzene rings is 4. The number of ketones is 2. The number of carbonyl (C=O) groups is 2. The minimum Gasteiger partial charge on any atom is -0.744 e. The third-order valence-electron chi connectivity index (χ3n) is 7.11. The van der Waals surface area contributed by atoms with Crippen molar-refractivity contribution >= 4 is 66.8 Å². The van der Waals surface area contributed by atoms with Crippen molar-refractivity contribution in [3.05, 3.63) is 119 Å². The summed E-state index contributed by atoms with van der Waals surface area (Å²) >= 11 is 0. The maximum absolute atomic E-state index is 12.5. The number of allylic oxidation sites excluding steroid dienone is 2. The predicted molar refractivity (Wildman–Crippen MR) is 169 cm³/mol. The van der Waals surface area contributed by atoms with Gasteiger partial charge in [-0.2, -0.15) is 10.2 Å². The van der Waals surface area contributed by atoms with Crippen LogP contribution >= 0.6 is 0 Å². The summed E-state index contributed by atoms with van der Waals surface area (Å²) in [6, 6.07) is 20.7. The van der Waals surface area contributed by atoms with Gasteiger partial charge in [-0.25, -0.2) is 16.8 Å². The van der Waals surface area contributed by atoms with E-state index < -0.39 is 41.6 Å². The maximum atomic E-state index is 12.5. The van der Waals surface area contributed by atoms with Crippen molar-refractivity contribution in [1.82, 2.24) is 0 Å². The summed E-state index contributed by atoms with van der Waals surface area (Å²) in [5.41, 5.74) is 7.10. The van der Waals surface area contributed by atoms with Crippen molar-refractivity contribution in [3.63, 3.8) is 0 Å². The number of carbonyl (C=O) groups excluding carboxylic acids is 2. The molecule has 4 aromatic rings. The van der Waals surface area contributed by atoms with Gasteiger partial charge in [0.1, 0.15) is 31.7 Å². The minimum absolute atomic E-state index is 0. The Labute approximate surface area is 319 Å². The number of hydrogen-bond acceptors (Lipinski definition) is 12. The predicted octanol–water partition coefficient (Wildman–Crippen LogP) is -2.01. The molecule has 48 heavy (non-hydrogen) atoms. The van der Waals surface area contributed by atoms with Gasteiger partial charge in [0.25, 0.3) is 0 Å². The molecule has 16 heteroatoms. The Bertz CT molecular complexity index is 2160. The fourth-order valence-corrected chi connectivity index (χ4v) is 6.42. The standard InChI is InChI=1S/C32H22N4O8S2.2Na/c37-27-15-9-19-5-1-3-7-23(19)31(27)35-33-21-11-13-25(29(17-21)45(39,40)41)26-14-12-22(18-30(26)46(42,43)44)34-36-32-24-8-4-2-6-20(24)10-16-28(32)38;;/h1-18,33-34H,(H,39,40,41)(H,42,43,44);;/q;2*+1/p-2/b35-31+,36-32+;;. The number of hydrogen-bond donors (Lipinski definition) is 2. The molecule has 0 aliphatic heterocycles. The fraction of sp³-hybridized carbons (Fsp3) is 0. The molecule has 12 nitrogen and oxygen atoms in total. The van der Waals surface area contributed by atoms with Gasteiger partial charge in [-0.3, -0.25) is 20.4 Å². The normalized spacial score (nSPS) is 15.3. The van der Waals surface area contributed by atoms with Gasteiger partial charge < -0.3 is 9.11 Å². The van der Waals surface area contributed by atoms with Crippen LogP contribution in [-0.4, -0.2) is 48.9 Å². The second-order valence-corrected chi connectivity index (χ2v) is 12.7. The Hall–Kier alpha value is -3.54. The topological polar surface area (TPSA) is 197 Å². The van der Waals surface area contributed by atoms with Crippen LogP contribution in [0, 0.1) is 0 Å². The maximum Gasteiger partial charge on any atom is 1.00 e. The Morgan fingerprint density at radius 3 is 1.25 bits per heavy atom. The molecule has 0 radical (unpaired) electrons. The van der Waals surface area contributed by atoms with Crippen LogP contribution in [0.3, 0.4) is 0 Å². The molecule has 0 unspecified atom stereocenters. The van der Waals surface area contributed by atoms with Gasteiger partial charge in [-0.15, -0.1) is 0 Å². The Morgan fingerprint density at radius 2 is 0.875 bits per heavy atom. The van der Waals surface area contributed by atoms with E-state index in [1.807, 2.05) is 0 Å². The molecule has 0 saturated heterocycles. The fourth-order valence-electron chi connectivity index (χ4n) is 4.98. The second kappa shape index (κ2) is 14.9. The molecule has 0 spiro atoms. The molecule has 0 atom stereocenters. The molecule has 0 aromatic heterocycles. The summed E-state index contributed by atoms with van der Waals surface area (Å²) in [7, 11) is -10.5. The zero-order valence-corrected chi connectivity index (χ0v) is 31.0. The first kappa shape index (κ1) is 37.3. The molecule has 2 N–H and O–H groups in total. The summed E-state index contributed by atoms with van der Waals surface area (Å²) in [6.07, 6.45) is 5.93. The SMILES string of the molecule is O=C1C=Cc2ccccc2/C1=N\Nc1ccc(-c2ccc(N/N=C3/C(=O)C=Cc4ccccc43)cc2S(=O)(=O)[O-])c(S(=O)(=O)[O-])c1.[Na+].[Na+]. The van der Waals surface area contributed by atoms with Crippen LogP contribution in [0.15, 0.2) is 117 Å². The van der Waals surface area contributed by atoms with E-state index in [0.29, 0.717) is 11.1 Å². The number of rotatable bonds is 7. The van der Waals surface area contributed by atoms with Crippen molar-refractivity contribution in [2.45, 2.75) is 9.79 Å². The van der Waals surface area contributed by atoms with Crippen molar-refractivity contribution in [2.24, 2.45) is 10.2 Å². The molecule has 2 aliphatic rings. The first-order valence-corrected chi connectivity index (χ1v) is 16.2. The molecule has 0 saturated carbocycles. The van der Waals surface area contributed by atoms with Crippen molar-refractivity contribution < 1.29 is 94.6 Å². The van der Waals surface area contributed by atoms with Crippen molar-refractivity contribution in [2.75, 3.05) is 10.9 Å². The molecule has 0 bridgehead atoms. The molecule has 2 aliphatic carbocycles. The van der Waals surface area contributed by atoms with E-state index in [9.17, 15) is 35.5 Å². The van der Waals surface area contributed by atoms with Gasteiger partial charge in [-0.1, -0.05) is 72.8 Å². The van der Waals surface area contributed by atoms with E-state index in [1.165, 1.54) is 24.3 Å². The average molecular weight is 699 g/mol. The first-order chi connectivity index (χ1) is 21.9. The van der Waals surface area contributed by atoms with Gasteiger partial charge in [0.15, 0.2) is 0 Å². The number of nitrogens with one attached hydrogen (secondary N) is 2. The average Bonchev–Trinajstić information content (AvgIpc) is 3.03. The molecule has 230 valence electrons. The zero-order chi connectivity index (χ0) is 32.6. The number of hydrazone groups is 2. The summed E-state index contributed by atoms with van der Waals surface area (Å²) < 4.78 is 74.2. The molecule has 6 rings (SSSR count). The number of nitrogens with zero attached hydrogens (tertiary/aromatic N) is 2. The summed E-state index contributed by atoms with van der Waals surface area (Å²) in [6.45, 7) is 0. The van der Waals surface area contributed by atoms with Crippen LogP contribution in [0.5, 0.6) is 0 Å². The molecule has 0 amide bonds. The van der Waals surface area contributed by atoms with Crippen molar-refractivity contribution in [3.8, 4) is 11.1 Å². The van der Waals surface area contributed by atoms with E-state index >= 15 is 0 Å². The molecular formula is C32H20N4Na2O8S2. The van der Waals surface area contributed by atoms with Crippen LogP contribution < -0.4 is 70.0 Å². The Morgan fingerprint density at radius 1 is 0.500 bits per heavy atom. The molecule has 0 fully saturated rings. The van der Waals surface area contributed by atoms with Crippen LogP contribution in [0.4, 0.5) is 11.4 Å². The zero-order valence-electron chi connectivity index (χ0n) is 25.4. The Balaban J connectivity index is 0.00000260. The van der Waals surface area contributed by atoms with Gasteiger partial charge in [0, 0.05) is 22.3 Å². The van der Waals surface area contributed by atoms with E-state index in [4.69, 9.17) is 0 Å². The molecular weight excluding hydrogens is 678 g/mol. The molecule has 0 heterocycles. The quantitative estimate of drug-likeness (QED) is 0.124. The van der Waals surface area contributed by atoms with E-state index in [0.717, 1.165) is 35.4 Å².